The molecule has 10 nitrogen and oxygen atoms in total. The molecule has 1 aromatic rings. The van der Waals surface area contributed by atoms with Crippen LogP contribution in [0.1, 0.15) is 16.7 Å². The van der Waals surface area contributed by atoms with E-state index in [4.69, 9.17) is 20.3 Å². The molecule has 112 valence electrons. The van der Waals surface area contributed by atoms with E-state index >= 15 is 0 Å². The Bertz CT molecular complexity index is 555. The van der Waals surface area contributed by atoms with E-state index < -0.39 is 44.2 Å². The number of nitrogens with two attached hydrogens (primary N) is 1. The number of amides is 1. The summed E-state index contributed by atoms with van der Waals surface area (Å²) in [6.45, 7) is 0. The Kier molecular flexibility index (Phi) is 3.96. The summed E-state index contributed by atoms with van der Waals surface area (Å²) in [5.41, 5.74) is 4.97. The highest BCUT2D eigenvalue weighted by molar-refractivity contribution is 7.51. The fourth-order valence-corrected chi connectivity index (χ4v) is 2.73. The van der Waals surface area contributed by atoms with Crippen LogP contribution < -0.4 is 5.73 Å². The number of nitrogens with zero attached hydrogens (tertiary/aromatic N) is 2. The molecular weight excluding hydrogens is 293 g/mol. The molecule has 4 unspecified atom stereocenters. The predicted molar refractivity (Wildman–Crippen MR) is 63.6 cm³/mol. The Morgan fingerprint density at radius 2 is 2.10 bits per heavy atom. The number of aliphatic hydroxyl groups excluding tert-OH is 2. The molecule has 1 aliphatic rings. The van der Waals surface area contributed by atoms with Crippen molar-refractivity contribution in [1.29, 1.82) is 0 Å². The van der Waals surface area contributed by atoms with Gasteiger partial charge in [0, 0.05) is 6.20 Å². The molecule has 0 aliphatic carbocycles. The molecule has 0 aromatic carbocycles. The molecule has 1 fully saturated rings. The molecular formula is C9H14N3O7P. The van der Waals surface area contributed by atoms with Gasteiger partial charge in [-0.15, -0.1) is 0 Å². The van der Waals surface area contributed by atoms with E-state index in [1.54, 1.807) is 0 Å². The Hall–Kier alpha value is -1.29. The SMILES string of the molecule is NC(=O)c1cn(C2OC(CP(=O)(O)O)C(O)C2O)cn1. The molecule has 1 amide bonds. The van der Waals surface area contributed by atoms with Gasteiger partial charge in [-0.3, -0.25) is 9.36 Å². The zero-order valence-corrected chi connectivity index (χ0v) is 11.0. The van der Waals surface area contributed by atoms with Gasteiger partial charge in [-0.25, -0.2) is 4.98 Å². The molecule has 2 rings (SSSR count). The van der Waals surface area contributed by atoms with Crippen LogP contribution in [0, 0.1) is 0 Å². The minimum absolute atomic E-state index is 0.0614. The van der Waals surface area contributed by atoms with Crippen molar-refractivity contribution in [1.82, 2.24) is 9.55 Å². The van der Waals surface area contributed by atoms with E-state index in [-0.39, 0.29) is 5.69 Å². The zero-order chi connectivity index (χ0) is 15.1. The molecule has 0 spiro atoms. The monoisotopic (exact) mass is 307 g/mol. The van der Waals surface area contributed by atoms with Crippen LogP contribution >= 0.6 is 7.60 Å². The third kappa shape index (κ3) is 3.06. The summed E-state index contributed by atoms with van der Waals surface area (Å²) in [5.74, 6) is -0.774. The first kappa shape index (κ1) is 15.1. The topological polar surface area (TPSA) is 168 Å². The lowest BCUT2D eigenvalue weighted by molar-refractivity contribution is -0.0322. The molecule has 4 atom stereocenters. The fourth-order valence-electron chi connectivity index (χ4n) is 1.96. The van der Waals surface area contributed by atoms with Crippen molar-refractivity contribution in [3.63, 3.8) is 0 Å². The Morgan fingerprint density at radius 3 is 2.60 bits per heavy atom. The van der Waals surface area contributed by atoms with Crippen LogP contribution in [0.4, 0.5) is 0 Å². The molecule has 0 bridgehead atoms. The van der Waals surface area contributed by atoms with Crippen molar-refractivity contribution in [2.24, 2.45) is 5.73 Å². The van der Waals surface area contributed by atoms with Crippen LogP contribution in [0.15, 0.2) is 12.5 Å². The highest BCUT2D eigenvalue weighted by Gasteiger charge is 2.45. The van der Waals surface area contributed by atoms with Crippen molar-refractivity contribution >= 4 is 13.5 Å². The number of aromatic nitrogens is 2. The smallest absolute Gasteiger partial charge is 0.328 e. The second-order valence-corrected chi connectivity index (χ2v) is 6.16. The summed E-state index contributed by atoms with van der Waals surface area (Å²) in [4.78, 5) is 32.3. The molecule has 1 saturated heterocycles. The number of hydrogen-bond donors (Lipinski definition) is 5. The van der Waals surface area contributed by atoms with Crippen molar-refractivity contribution in [2.45, 2.75) is 24.5 Å². The van der Waals surface area contributed by atoms with Gasteiger partial charge < -0.3 is 35.0 Å². The van der Waals surface area contributed by atoms with Crippen LogP contribution in [0.3, 0.4) is 0 Å². The lowest BCUT2D eigenvalue weighted by Gasteiger charge is -2.15. The number of aliphatic hydroxyl groups is 2. The second kappa shape index (κ2) is 5.24. The molecule has 1 aliphatic heterocycles. The number of imidazole rings is 1. The molecule has 20 heavy (non-hydrogen) atoms. The molecule has 1 aromatic heterocycles. The van der Waals surface area contributed by atoms with Crippen molar-refractivity contribution in [2.75, 3.05) is 6.16 Å². The summed E-state index contributed by atoms with van der Waals surface area (Å²) >= 11 is 0. The maximum absolute atomic E-state index is 10.9. The van der Waals surface area contributed by atoms with Crippen LogP contribution in [0.25, 0.3) is 0 Å². The van der Waals surface area contributed by atoms with E-state index in [0.717, 1.165) is 0 Å². The highest BCUT2D eigenvalue weighted by Crippen LogP contribution is 2.41. The van der Waals surface area contributed by atoms with E-state index in [1.165, 1.54) is 17.1 Å². The van der Waals surface area contributed by atoms with Crippen molar-refractivity contribution in [3.8, 4) is 0 Å². The first-order valence-electron chi connectivity index (χ1n) is 5.58. The van der Waals surface area contributed by atoms with Crippen LogP contribution in [0.2, 0.25) is 0 Å². The van der Waals surface area contributed by atoms with Gasteiger partial charge >= 0.3 is 7.60 Å². The molecule has 2 heterocycles. The largest absolute Gasteiger partial charge is 0.387 e. The number of carbonyl (C=O) groups excluding carboxylic acids is 1. The number of ether oxygens (including phenoxy) is 1. The van der Waals surface area contributed by atoms with Gasteiger partial charge in [0.05, 0.1) is 12.5 Å². The summed E-state index contributed by atoms with van der Waals surface area (Å²) < 4.78 is 17.3. The van der Waals surface area contributed by atoms with Gasteiger partial charge in [0.1, 0.15) is 24.0 Å². The van der Waals surface area contributed by atoms with Gasteiger partial charge in [0.2, 0.25) is 0 Å². The quantitative estimate of drug-likeness (QED) is 0.390. The normalized spacial score (nSPS) is 30.6. The van der Waals surface area contributed by atoms with E-state index in [9.17, 15) is 19.6 Å². The predicted octanol–water partition coefficient (Wildman–Crippen LogP) is -2.22. The lowest BCUT2D eigenvalue weighted by Crippen LogP contribution is -2.33. The fraction of sp³-hybridized carbons (Fsp3) is 0.556. The van der Waals surface area contributed by atoms with Crippen LogP contribution in [0.5, 0.6) is 0 Å². The molecule has 11 heteroatoms. The molecule has 6 N–H and O–H groups in total. The van der Waals surface area contributed by atoms with Crippen molar-refractivity contribution in [3.05, 3.63) is 18.2 Å². The minimum Gasteiger partial charge on any atom is -0.387 e. The zero-order valence-electron chi connectivity index (χ0n) is 10.1. The summed E-state index contributed by atoms with van der Waals surface area (Å²) in [6, 6.07) is 0. The van der Waals surface area contributed by atoms with E-state index in [1.807, 2.05) is 0 Å². The van der Waals surface area contributed by atoms with Gasteiger partial charge in [0.15, 0.2) is 6.23 Å². The Balaban J connectivity index is 2.17. The minimum atomic E-state index is -4.40. The second-order valence-electron chi connectivity index (χ2n) is 4.46. The first-order valence-corrected chi connectivity index (χ1v) is 7.38. The number of carbonyl (C=O) groups is 1. The van der Waals surface area contributed by atoms with Crippen LogP contribution in [-0.2, 0) is 9.30 Å². The lowest BCUT2D eigenvalue weighted by atomic mass is 10.1. The number of primary amides is 1. The van der Waals surface area contributed by atoms with Gasteiger partial charge in [-0.05, 0) is 0 Å². The van der Waals surface area contributed by atoms with Crippen LogP contribution in [-0.4, -0.2) is 59.9 Å². The Labute approximate surface area is 113 Å². The highest BCUT2D eigenvalue weighted by atomic mass is 31.2. The van der Waals surface area contributed by atoms with Gasteiger partial charge in [-0.2, -0.15) is 0 Å². The summed E-state index contributed by atoms with van der Waals surface area (Å²) in [7, 11) is -4.40. The molecule has 0 saturated carbocycles. The van der Waals surface area contributed by atoms with E-state index in [0.29, 0.717) is 0 Å². The maximum atomic E-state index is 10.9. The summed E-state index contributed by atoms with van der Waals surface area (Å²) in [5, 5.41) is 19.6. The maximum Gasteiger partial charge on any atom is 0.328 e. The molecule has 0 radical (unpaired) electrons. The van der Waals surface area contributed by atoms with E-state index in [2.05, 4.69) is 4.98 Å². The number of rotatable bonds is 4. The van der Waals surface area contributed by atoms with Gasteiger partial charge in [-0.1, -0.05) is 0 Å². The standard InChI is InChI=1S/C9H14N3O7P/c10-8(15)4-1-12(3-11-4)9-7(14)6(13)5(19-9)2-20(16,17)18/h1,3,5-7,9,13-14H,2H2,(H2,10,15)(H2,16,17,18). The first-order chi connectivity index (χ1) is 9.19. The third-order valence-electron chi connectivity index (χ3n) is 2.90. The average molecular weight is 307 g/mol. The average Bonchev–Trinajstić information content (AvgIpc) is 2.88. The summed E-state index contributed by atoms with van der Waals surface area (Å²) in [6.07, 6.45) is -3.56. The Morgan fingerprint density at radius 1 is 1.45 bits per heavy atom. The third-order valence-corrected chi connectivity index (χ3v) is 3.74. The van der Waals surface area contributed by atoms with Crippen molar-refractivity contribution < 1.29 is 34.1 Å². The van der Waals surface area contributed by atoms with Gasteiger partial charge in [0.25, 0.3) is 5.91 Å². The number of hydrogen-bond acceptors (Lipinski definition) is 6.